The number of nitrogens with one attached hydrogen (secondary N) is 2. The third kappa shape index (κ3) is 4.63. The highest BCUT2D eigenvalue weighted by atomic mass is 32.2. The molecule has 1 aliphatic rings. The van der Waals surface area contributed by atoms with Crippen molar-refractivity contribution in [2.24, 2.45) is 0 Å². The summed E-state index contributed by atoms with van der Waals surface area (Å²) in [5, 5.41) is 5.25. The number of hydrogen-bond acceptors (Lipinski definition) is 7. The lowest BCUT2D eigenvalue weighted by molar-refractivity contribution is -0.119. The molecule has 0 saturated heterocycles. The molecule has 0 radical (unpaired) electrons. The first-order valence-corrected chi connectivity index (χ1v) is 12.6. The Hall–Kier alpha value is -2.85. The Morgan fingerprint density at radius 1 is 1.27 bits per heavy atom. The van der Waals surface area contributed by atoms with E-state index in [1.54, 1.807) is 44.4 Å². The highest BCUT2D eigenvalue weighted by molar-refractivity contribution is 8.00. The van der Waals surface area contributed by atoms with Crippen LogP contribution in [0, 0.1) is 0 Å². The zero-order valence-electron chi connectivity index (χ0n) is 18.8. The van der Waals surface area contributed by atoms with Crippen LogP contribution in [0.4, 0.5) is 4.79 Å². The Balaban J connectivity index is 1.83. The van der Waals surface area contributed by atoms with Crippen LogP contribution in [0.3, 0.4) is 0 Å². The predicted molar refractivity (Wildman–Crippen MR) is 131 cm³/mol. The quantitative estimate of drug-likeness (QED) is 0.407. The number of rotatable bonds is 6. The Morgan fingerprint density at radius 2 is 2.03 bits per heavy atom. The normalized spacial score (nSPS) is 13.9. The van der Waals surface area contributed by atoms with E-state index in [9.17, 15) is 14.4 Å². The molecule has 8 nitrogen and oxygen atoms in total. The van der Waals surface area contributed by atoms with Crippen LogP contribution in [0.15, 0.2) is 34.2 Å². The second-order valence-electron chi connectivity index (χ2n) is 7.71. The summed E-state index contributed by atoms with van der Waals surface area (Å²) in [6.45, 7) is 3.87. The summed E-state index contributed by atoms with van der Waals surface area (Å²) in [4.78, 5) is 45.0. The van der Waals surface area contributed by atoms with Crippen LogP contribution in [-0.4, -0.2) is 40.4 Å². The molecule has 0 spiro atoms. The van der Waals surface area contributed by atoms with Crippen molar-refractivity contribution >= 4 is 45.3 Å². The summed E-state index contributed by atoms with van der Waals surface area (Å²) in [6.07, 6.45) is 3.99. The Morgan fingerprint density at radius 3 is 2.79 bits per heavy atom. The van der Waals surface area contributed by atoms with Gasteiger partial charge in [0.15, 0.2) is 5.16 Å². The van der Waals surface area contributed by atoms with Gasteiger partial charge in [-0.05, 0) is 57.2 Å². The SMILES string of the molecule is CCNC(=O)NC(=O)[C@H](C)Sc1nc2sc3c(c2c(=O)n1-c1ccccc1OC)CCCC3. The van der Waals surface area contributed by atoms with E-state index in [0.29, 0.717) is 33.4 Å². The van der Waals surface area contributed by atoms with Crippen LogP contribution in [0.25, 0.3) is 15.9 Å². The maximum absolute atomic E-state index is 13.9. The minimum Gasteiger partial charge on any atom is -0.495 e. The highest BCUT2D eigenvalue weighted by Gasteiger charge is 2.26. The Kier molecular flexibility index (Phi) is 7.04. The van der Waals surface area contributed by atoms with Crippen molar-refractivity contribution in [3.8, 4) is 11.4 Å². The van der Waals surface area contributed by atoms with Gasteiger partial charge < -0.3 is 10.1 Å². The van der Waals surface area contributed by atoms with Crippen molar-refractivity contribution in [2.45, 2.75) is 49.9 Å². The summed E-state index contributed by atoms with van der Waals surface area (Å²) >= 11 is 2.70. The van der Waals surface area contributed by atoms with Gasteiger partial charge >= 0.3 is 6.03 Å². The molecule has 0 fully saturated rings. The number of aryl methyl sites for hydroxylation is 2. The van der Waals surface area contributed by atoms with E-state index in [2.05, 4.69) is 10.6 Å². The number of carbonyl (C=O) groups excluding carboxylic acids is 2. The number of thiophene rings is 1. The predicted octanol–water partition coefficient (Wildman–Crippen LogP) is 3.66. The lowest BCUT2D eigenvalue weighted by Crippen LogP contribution is -2.42. The number of imide groups is 1. The maximum Gasteiger partial charge on any atom is 0.321 e. The Labute approximate surface area is 199 Å². The van der Waals surface area contributed by atoms with Gasteiger partial charge in [-0.25, -0.2) is 9.78 Å². The number of urea groups is 1. The standard InChI is InChI=1S/C23H26N4O4S2/c1-4-24-22(30)25-19(28)13(2)32-23-26-20-18(14-9-5-8-12-17(14)33-20)21(29)27(23)15-10-6-7-11-16(15)31-3/h6-7,10-11,13H,4-5,8-9,12H2,1-3H3,(H2,24,25,28,30)/t13-/m0/s1. The third-order valence-corrected chi connectivity index (χ3v) is 7.75. The summed E-state index contributed by atoms with van der Waals surface area (Å²) in [6, 6.07) is 6.70. The average Bonchev–Trinajstić information content (AvgIpc) is 3.18. The first-order valence-electron chi connectivity index (χ1n) is 10.9. The molecule has 3 amide bonds. The zero-order valence-corrected chi connectivity index (χ0v) is 20.4. The molecule has 2 aromatic heterocycles. The minimum atomic E-state index is -0.660. The van der Waals surface area contributed by atoms with Crippen molar-refractivity contribution in [2.75, 3.05) is 13.7 Å². The molecule has 1 aromatic carbocycles. The second kappa shape index (κ2) is 9.96. The molecule has 1 atom stereocenters. The number of carbonyl (C=O) groups is 2. The first kappa shape index (κ1) is 23.3. The van der Waals surface area contributed by atoms with Crippen LogP contribution in [0.5, 0.6) is 5.75 Å². The second-order valence-corrected chi connectivity index (χ2v) is 10.1. The highest BCUT2D eigenvalue weighted by Crippen LogP contribution is 2.36. The molecule has 10 heteroatoms. The number of methoxy groups -OCH3 is 1. The zero-order chi connectivity index (χ0) is 23.5. The van der Waals surface area contributed by atoms with Gasteiger partial charge in [0.25, 0.3) is 5.56 Å². The first-order chi connectivity index (χ1) is 15.9. The van der Waals surface area contributed by atoms with Gasteiger partial charge in [-0.1, -0.05) is 23.9 Å². The van der Waals surface area contributed by atoms with E-state index in [1.807, 2.05) is 12.1 Å². The lowest BCUT2D eigenvalue weighted by atomic mass is 9.97. The fraction of sp³-hybridized carbons (Fsp3) is 0.391. The Bertz CT molecular complexity index is 1270. The van der Waals surface area contributed by atoms with Crippen LogP contribution < -0.4 is 20.9 Å². The number of hydrogen-bond donors (Lipinski definition) is 2. The van der Waals surface area contributed by atoms with Crippen LogP contribution in [-0.2, 0) is 17.6 Å². The molecular weight excluding hydrogens is 460 g/mol. The van der Waals surface area contributed by atoms with Crippen molar-refractivity contribution in [3.63, 3.8) is 0 Å². The molecule has 0 saturated carbocycles. The van der Waals surface area contributed by atoms with Crippen molar-refractivity contribution < 1.29 is 14.3 Å². The van der Waals surface area contributed by atoms with Gasteiger partial charge in [-0.2, -0.15) is 0 Å². The van der Waals surface area contributed by atoms with E-state index in [0.717, 1.165) is 43.0 Å². The summed E-state index contributed by atoms with van der Waals surface area (Å²) < 4.78 is 7.05. The number of aromatic nitrogens is 2. The molecule has 2 N–H and O–H groups in total. The molecule has 0 unspecified atom stereocenters. The summed E-state index contributed by atoms with van der Waals surface area (Å²) in [5.74, 6) is 0.0727. The van der Waals surface area contributed by atoms with Crippen LogP contribution in [0.2, 0.25) is 0 Å². The number of thioether (sulfide) groups is 1. The fourth-order valence-electron chi connectivity index (χ4n) is 3.92. The van der Waals surface area contributed by atoms with E-state index >= 15 is 0 Å². The lowest BCUT2D eigenvalue weighted by Gasteiger charge is -2.17. The van der Waals surface area contributed by atoms with Crippen molar-refractivity contribution in [1.29, 1.82) is 0 Å². The molecule has 0 aliphatic heterocycles. The van der Waals surface area contributed by atoms with Crippen molar-refractivity contribution in [1.82, 2.24) is 20.2 Å². The van der Waals surface area contributed by atoms with E-state index in [4.69, 9.17) is 9.72 Å². The fourth-order valence-corrected chi connectivity index (χ4v) is 6.14. The number of benzene rings is 1. The van der Waals surface area contributed by atoms with Gasteiger partial charge in [-0.15, -0.1) is 11.3 Å². The third-order valence-electron chi connectivity index (χ3n) is 5.51. The maximum atomic E-state index is 13.9. The molecule has 2 heterocycles. The van der Waals surface area contributed by atoms with Crippen LogP contribution >= 0.6 is 23.1 Å². The molecule has 174 valence electrons. The van der Waals surface area contributed by atoms with Gasteiger partial charge in [0.2, 0.25) is 5.91 Å². The number of amides is 3. The summed E-state index contributed by atoms with van der Waals surface area (Å²) in [7, 11) is 1.55. The largest absolute Gasteiger partial charge is 0.495 e. The molecular formula is C23H26N4O4S2. The van der Waals surface area contributed by atoms with Gasteiger partial charge in [0, 0.05) is 11.4 Å². The van der Waals surface area contributed by atoms with Gasteiger partial charge in [0.1, 0.15) is 10.6 Å². The molecule has 0 bridgehead atoms. The van der Waals surface area contributed by atoms with Gasteiger partial charge in [0.05, 0.1) is 23.4 Å². The number of fused-ring (bicyclic) bond motifs is 3. The topological polar surface area (TPSA) is 102 Å². The number of para-hydroxylation sites is 2. The monoisotopic (exact) mass is 486 g/mol. The molecule has 33 heavy (non-hydrogen) atoms. The smallest absolute Gasteiger partial charge is 0.321 e. The molecule has 4 rings (SSSR count). The van der Waals surface area contributed by atoms with Crippen molar-refractivity contribution in [3.05, 3.63) is 45.1 Å². The summed E-state index contributed by atoms with van der Waals surface area (Å²) in [5.41, 5.74) is 1.50. The number of ether oxygens (including phenoxy) is 1. The van der Waals surface area contributed by atoms with E-state index in [-0.39, 0.29) is 5.56 Å². The number of nitrogens with zero attached hydrogens (tertiary/aromatic N) is 2. The van der Waals surface area contributed by atoms with Gasteiger partial charge in [-0.3, -0.25) is 19.5 Å². The molecule has 1 aliphatic carbocycles. The average molecular weight is 487 g/mol. The van der Waals surface area contributed by atoms with E-state index < -0.39 is 17.2 Å². The van der Waals surface area contributed by atoms with E-state index in [1.165, 1.54) is 9.44 Å². The molecule has 3 aromatic rings. The van der Waals surface area contributed by atoms with Crippen LogP contribution in [0.1, 0.15) is 37.1 Å². The minimum absolute atomic E-state index is 0.164.